The van der Waals surface area contributed by atoms with E-state index in [1.165, 1.54) is 0 Å². The highest BCUT2D eigenvalue weighted by molar-refractivity contribution is 5.94. The van der Waals surface area contributed by atoms with Gasteiger partial charge in [-0.05, 0) is 31.5 Å². The van der Waals surface area contributed by atoms with Gasteiger partial charge in [0.15, 0.2) is 0 Å². The fourth-order valence-corrected chi connectivity index (χ4v) is 1.45. The molecule has 0 fully saturated rings. The molecule has 1 amide bonds. The normalized spacial score (nSPS) is 12.4. The summed E-state index contributed by atoms with van der Waals surface area (Å²) in [4.78, 5) is 11.1. The molecule has 0 heterocycles. The number of hydrogen-bond acceptors (Lipinski definition) is 3. The second-order valence-electron chi connectivity index (χ2n) is 3.84. The lowest BCUT2D eigenvalue weighted by atomic mass is 10.1. The molecule has 0 bridgehead atoms. The van der Waals surface area contributed by atoms with Crippen LogP contribution < -0.4 is 11.1 Å². The number of rotatable bonds is 6. The summed E-state index contributed by atoms with van der Waals surface area (Å²) >= 11 is 0. The van der Waals surface area contributed by atoms with Crippen molar-refractivity contribution in [3.05, 3.63) is 35.4 Å². The van der Waals surface area contributed by atoms with E-state index in [-0.39, 0.29) is 6.10 Å². The molecule has 1 unspecified atom stereocenters. The molecule has 4 heteroatoms. The van der Waals surface area contributed by atoms with Crippen LogP contribution in [0, 0.1) is 0 Å². The number of carbonyl (C=O) groups excluding carboxylic acids is 1. The summed E-state index contributed by atoms with van der Waals surface area (Å²) in [5.41, 5.74) is 6.70. The number of nitrogens with one attached hydrogen (secondary N) is 1. The van der Waals surface area contributed by atoms with Crippen LogP contribution in [0.4, 0.5) is 0 Å². The van der Waals surface area contributed by atoms with E-state index in [0.717, 1.165) is 5.56 Å². The smallest absolute Gasteiger partial charge is 0.249 e. The molecule has 0 aliphatic heterocycles. The van der Waals surface area contributed by atoms with Crippen LogP contribution in [0.1, 0.15) is 29.3 Å². The minimum atomic E-state index is -0.409. The van der Waals surface area contributed by atoms with Crippen molar-refractivity contribution in [2.75, 3.05) is 6.54 Å². The van der Waals surface area contributed by atoms with Gasteiger partial charge in [0.1, 0.15) is 0 Å². The highest BCUT2D eigenvalue weighted by Crippen LogP contribution is 2.07. The van der Waals surface area contributed by atoms with E-state index in [1.807, 2.05) is 12.1 Å². The van der Waals surface area contributed by atoms with Gasteiger partial charge in [-0.1, -0.05) is 18.2 Å². The SMILES string of the molecule is CC(O)CCNCc1ccccc1C(N)=O. The molecule has 0 saturated carbocycles. The third kappa shape index (κ3) is 4.00. The Morgan fingerprint density at radius 2 is 2.19 bits per heavy atom. The summed E-state index contributed by atoms with van der Waals surface area (Å²) in [5, 5.41) is 12.2. The number of amides is 1. The summed E-state index contributed by atoms with van der Waals surface area (Å²) in [7, 11) is 0. The zero-order valence-electron chi connectivity index (χ0n) is 9.44. The predicted molar refractivity (Wildman–Crippen MR) is 63.0 cm³/mol. The number of primary amides is 1. The molecule has 1 atom stereocenters. The highest BCUT2D eigenvalue weighted by Gasteiger charge is 2.06. The van der Waals surface area contributed by atoms with Gasteiger partial charge in [0.25, 0.3) is 0 Å². The summed E-state index contributed by atoms with van der Waals surface area (Å²) in [6, 6.07) is 7.25. The van der Waals surface area contributed by atoms with Crippen LogP contribution >= 0.6 is 0 Å². The van der Waals surface area contributed by atoms with Crippen molar-refractivity contribution < 1.29 is 9.90 Å². The van der Waals surface area contributed by atoms with Crippen LogP contribution in [-0.2, 0) is 6.54 Å². The summed E-state index contributed by atoms with van der Waals surface area (Å²) in [5.74, 6) is -0.409. The van der Waals surface area contributed by atoms with Gasteiger partial charge in [-0.25, -0.2) is 0 Å². The van der Waals surface area contributed by atoms with Crippen molar-refractivity contribution in [1.29, 1.82) is 0 Å². The lowest BCUT2D eigenvalue weighted by molar-refractivity contribution is 0.0999. The van der Waals surface area contributed by atoms with Gasteiger partial charge in [-0.15, -0.1) is 0 Å². The van der Waals surface area contributed by atoms with E-state index in [9.17, 15) is 4.79 Å². The van der Waals surface area contributed by atoms with E-state index < -0.39 is 5.91 Å². The van der Waals surface area contributed by atoms with Gasteiger partial charge >= 0.3 is 0 Å². The Kier molecular flexibility index (Phi) is 4.95. The molecular weight excluding hydrogens is 204 g/mol. The number of aliphatic hydroxyl groups is 1. The number of carbonyl (C=O) groups is 1. The van der Waals surface area contributed by atoms with Gasteiger partial charge < -0.3 is 16.2 Å². The standard InChI is InChI=1S/C12H18N2O2/c1-9(15)6-7-14-8-10-4-2-3-5-11(10)12(13)16/h2-5,9,14-15H,6-8H2,1H3,(H2,13,16). The Hall–Kier alpha value is -1.39. The average molecular weight is 222 g/mol. The van der Waals surface area contributed by atoms with Crippen molar-refractivity contribution >= 4 is 5.91 Å². The Balaban J connectivity index is 2.50. The molecule has 4 N–H and O–H groups in total. The number of hydrogen-bond donors (Lipinski definition) is 3. The largest absolute Gasteiger partial charge is 0.393 e. The van der Waals surface area contributed by atoms with Crippen molar-refractivity contribution in [2.45, 2.75) is 26.0 Å². The molecule has 0 aliphatic carbocycles. The van der Waals surface area contributed by atoms with Crippen LogP contribution in [0.5, 0.6) is 0 Å². The molecule has 0 aromatic heterocycles. The number of benzene rings is 1. The van der Waals surface area contributed by atoms with Gasteiger partial charge in [-0.2, -0.15) is 0 Å². The molecule has 0 spiro atoms. The lowest BCUT2D eigenvalue weighted by Crippen LogP contribution is -2.21. The van der Waals surface area contributed by atoms with Gasteiger partial charge in [0.05, 0.1) is 6.10 Å². The molecule has 0 saturated heterocycles. The topological polar surface area (TPSA) is 75.3 Å². The zero-order chi connectivity index (χ0) is 12.0. The highest BCUT2D eigenvalue weighted by atomic mass is 16.3. The Bertz CT molecular complexity index is 351. The first-order valence-electron chi connectivity index (χ1n) is 5.37. The van der Waals surface area contributed by atoms with Crippen molar-refractivity contribution in [1.82, 2.24) is 5.32 Å². The van der Waals surface area contributed by atoms with Crippen LogP contribution in [0.2, 0.25) is 0 Å². The minimum Gasteiger partial charge on any atom is -0.393 e. The van der Waals surface area contributed by atoms with Crippen molar-refractivity contribution in [3.8, 4) is 0 Å². The summed E-state index contributed by atoms with van der Waals surface area (Å²) < 4.78 is 0. The van der Waals surface area contributed by atoms with Gasteiger partial charge in [-0.3, -0.25) is 4.79 Å². The molecule has 88 valence electrons. The Morgan fingerprint density at radius 3 is 2.81 bits per heavy atom. The van der Waals surface area contributed by atoms with Crippen molar-refractivity contribution in [2.24, 2.45) is 5.73 Å². The molecule has 1 aromatic rings. The first-order valence-corrected chi connectivity index (χ1v) is 5.37. The van der Waals surface area contributed by atoms with E-state index in [4.69, 9.17) is 10.8 Å². The van der Waals surface area contributed by atoms with E-state index in [1.54, 1.807) is 19.1 Å². The third-order valence-electron chi connectivity index (χ3n) is 2.34. The minimum absolute atomic E-state index is 0.307. The Morgan fingerprint density at radius 1 is 1.50 bits per heavy atom. The van der Waals surface area contributed by atoms with E-state index in [0.29, 0.717) is 25.1 Å². The monoisotopic (exact) mass is 222 g/mol. The third-order valence-corrected chi connectivity index (χ3v) is 2.34. The fourth-order valence-electron chi connectivity index (χ4n) is 1.45. The average Bonchev–Trinajstić information content (AvgIpc) is 2.24. The van der Waals surface area contributed by atoms with E-state index >= 15 is 0 Å². The quantitative estimate of drug-likeness (QED) is 0.618. The van der Waals surface area contributed by atoms with Crippen LogP contribution in [0.25, 0.3) is 0 Å². The van der Waals surface area contributed by atoms with Crippen molar-refractivity contribution in [3.63, 3.8) is 0 Å². The van der Waals surface area contributed by atoms with Crippen LogP contribution in [0.3, 0.4) is 0 Å². The number of aliphatic hydroxyl groups excluding tert-OH is 1. The van der Waals surface area contributed by atoms with Crippen LogP contribution in [-0.4, -0.2) is 23.7 Å². The molecule has 1 aromatic carbocycles. The first kappa shape index (κ1) is 12.7. The molecule has 0 radical (unpaired) electrons. The van der Waals surface area contributed by atoms with Gasteiger partial charge in [0, 0.05) is 12.1 Å². The van der Waals surface area contributed by atoms with Crippen LogP contribution in [0.15, 0.2) is 24.3 Å². The summed E-state index contributed by atoms with van der Waals surface area (Å²) in [6.45, 7) is 3.05. The fraction of sp³-hybridized carbons (Fsp3) is 0.417. The maximum absolute atomic E-state index is 11.1. The van der Waals surface area contributed by atoms with E-state index in [2.05, 4.69) is 5.32 Å². The maximum atomic E-state index is 11.1. The second-order valence-corrected chi connectivity index (χ2v) is 3.84. The Labute approximate surface area is 95.5 Å². The molecule has 4 nitrogen and oxygen atoms in total. The lowest BCUT2D eigenvalue weighted by Gasteiger charge is -2.09. The summed E-state index contributed by atoms with van der Waals surface area (Å²) in [6.07, 6.45) is 0.387. The maximum Gasteiger partial charge on any atom is 0.249 e. The molecule has 0 aliphatic rings. The molecule has 1 rings (SSSR count). The first-order chi connectivity index (χ1) is 7.61. The molecule has 16 heavy (non-hydrogen) atoms. The zero-order valence-corrected chi connectivity index (χ0v) is 9.44. The second kappa shape index (κ2) is 6.25. The number of nitrogens with two attached hydrogens (primary N) is 1. The predicted octanol–water partition coefficient (Wildman–Crippen LogP) is 0.646. The van der Waals surface area contributed by atoms with Gasteiger partial charge in [0.2, 0.25) is 5.91 Å². The molecular formula is C12H18N2O2.